The third-order valence-corrected chi connectivity index (χ3v) is 4.15. The summed E-state index contributed by atoms with van der Waals surface area (Å²) < 4.78 is 17.6. The van der Waals surface area contributed by atoms with Crippen LogP contribution >= 0.6 is 0 Å². The number of nitrogens with one attached hydrogen (secondary N) is 1. The van der Waals surface area contributed by atoms with Gasteiger partial charge in [0.05, 0.1) is 27.0 Å². The van der Waals surface area contributed by atoms with Crippen molar-refractivity contribution in [2.45, 2.75) is 12.8 Å². The fourth-order valence-corrected chi connectivity index (χ4v) is 2.82. The quantitative estimate of drug-likeness (QED) is 0.645. The van der Waals surface area contributed by atoms with E-state index < -0.39 is 0 Å². The molecular formula is C20H22N4O4. The van der Waals surface area contributed by atoms with Crippen molar-refractivity contribution in [3.8, 4) is 23.1 Å². The topological polar surface area (TPSA) is 87.5 Å². The van der Waals surface area contributed by atoms with Crippen LogP contribution in [-0.4, -0.2) is 42.0 Å². The van der Waals surface area contributed by atoms with Crippen LogP contribution in [0.15, 0.2) is 48.9 Å². The molecule has 3 rings (SSSR count). The number of carbonyl (C=O) groups is 1. The first kappa shape index (κ1) is 19.2. The van der Waals surface area contributed by atoms with Gasteiger partial charge in [-0.3, -0.25) is 4.79 Å². The molecule has 3 aromatic rings. The van der Waals surface area contributed by atoms with Crippen LogP contribution < -0.4 is 19.5 Å². The number of nitrogens with zero attached hydrogens (tertiary/aromatic N) is 3. The summed E-state index contributed by atoms with van der Waals surface area (Å²) in [6.45, 7) is 0. The molecule has 8 nitrogen and oxygen atoms in total. The fourth-order valence-electron chi connectivity index (χ4n) is 2.82. The lowest BCUT2D eigenvalue weighted by Crippen LogP contribution is -2.15. The van der Waals surface area contributed by atoms with Crippen LogP contribution in [0.5, 0.6) is 17.2 Å². The molecule has 1 N–H and O–H groups in total. The third kappa shape index (κ3) is 4.22. The van der Waals surface area contributed by atoms with Crippen molar-refractivity contribution in [3.63, 3.8) is 0 Å². The van der Waals surface area contributed by atoms with Gasteiger partial charge in [0.25, 0.3) is 0 Å². The zero-order valence-corrected chi connectivity index (χ0v) is 16.0. The van der Waals surface area contributed by atoms with Crippen LogP contribution in [0.1, 0.15) is 12.0 Å². The van der Waals surface area contributed by atoms with Gasteiger partial charge in [-0.1, -0.05) is 0 Å². The highest BCUT2D eigenvalue weighted by Gasteiger charge is 2.15. The van der Waals surface area contributed by atoms with Gasteiger partial charge < -0.3 is 19.5 Å². The lowest BCUT2D eigenvalue weighted by Gasteiger charge is -2.14. The molecule has 0 spiro atoms. The van der Waals surface area contributed by atoms with E-state index >= 15 is 0 Å². The number of hydrogen-bond acceptors (Lipinski definition) is 6. The molecule has 0 bridgehead atoms. The Hall–Kier alpha value is -3.55. The lowest BCUT2D eigenvalue weighted by molar-refractivity contribution is -0.116. The van der Waals surface area contributed by atoms with E-state index in [1.54, 1.807) is 62.8 Å². The van der Waals surface area contributed by atoms with Gasteiger partial charge in [0.1, 0.15) is 0 Å². The van der Waals surface area contributed by atoms with Gasteiger partial charge in [-0.15, -0.1) is 0 Å². The van der Waals surface area contributed by atoms with Crippen molar-refractivity contribution in [2.24, 2.45) is 0 Å². The molecule has 1 aromatic carbocycles. The maximum absolute atomic E-state index is 12.5. The Morgan fingerprint density at radius 3 is 2.43 bits per heavy atom. The summed E-state index contributed by atoms with van der Waals surface area (Å²) in [5, 5.41) is 7.07. The normalized spacial score (nSPS) is 10.4. The van der Waals surface area contributed by atoms with E-state index in [-0.39, 0.29) is 12.3 Å². The van der Waals surface area contributed by atoms with Crippen molar-refractivity contribution in [1.29, 1.82) is 0 Å². The zero-order chi connectivity index (χ0) is 19.9. The van der Waals surface area contributed by atoms with Crippen molar-refractivity contribution in [3.05, 3.63) is 54.5 Å². The summed E-state index contributed by atoms with van der Waals surface area (Å²) in [5.74, 6) is 2.08. The second kappa shape index (κ2) is 8.90. The average Bonchev–Trinajstić information content (AvgIpc) is 3.26. The molecule has 0 aliphatic heterocycles. The molecule has 2 heterocycles. The number of hydrogen-bond donors (Lipinski definition) is 1. The number of pyridine rings is 1. The van der Waals surface area contributed by atoms with Crippen molar-refractivity contribution >= 4 is 11.6 Å². The first-order valence-corrected chi connectivity index (χ1v) is 8.70. The largest absolute Gasteiger partial charge is 0.493 e. The van der Waals surface area contributed by atoms with E-state index in [0.29, 0.717) is 35.2 Å². The number of methoxy groups -OCH3 is 3. The van der Waals surface area contributed by atoms with Gasteiger partial charge in [0.15, 0.2) is 17.3 Å². The Morgan fingerprint density at radius 1 is 1.07 bits per heavy atom. The molecule has 0 unspecified atom stereocenters. The minimum Gasteiger partial charge on any atom is -0.493 e. The second-order valence-electron chi connectivity index (χ2n) is 5.91. The molecule has 0 aliphatic carbocycles. The molecule has 0 radical (unpaired) electrons. The van der Waals surface area contributed by atoms with Crippen LogP contribution in [0.3, 0.4) is 0 Å². The SMILES string of the molecule is COc1cc(CCC(=O)Nc2cccnc2-n2cccn2)cc(OC)c1OC. The number of anilines is 1. The number of aromatic nitrogens is 3. The zero-order valence-electron chi connectivity index (χ0n) is 16.0. The number of ether oxygens (including phenoxy) is 3. The predicted octanol–water partition coefficient (Wildman–Crippen LogP) is 2.86. The van der Waals surface area contributed by atoms with E-state index in [9.17, 15) is 4.79 Å². The Bertz CT molecular complexity index is 916. The number of carbonyl (C=O) groups excluding carboxylic acids is 1. The molecule has 0 atom stereocenters. The molecular weight excluding hydrogens is 360 g/mol. The van der Waals surface area contributed by atoms with E-state index in [1.165, 1.54) is 0 Å². The predicted molar refractivity (Wildman–Crippen MR) is 104 cm³/mol. The minimum absolute atomic E-state index is 0.129. The summed E-state index contributed by atoms with van der Waals surface area (Å²) in [5.41, 5.74) is 1.50. The molecule has 0 fully saturated rings. The maximum Gasteiger partial charge on any atom is 0.224 e. The van der Waals surface area contributed by atoms with Crippen LogP contribution in [0.25, 0.3) is 5.82 Å². The second-order valence-corrected chi connectivity index (χ2v) is 5.91. The average molecular weight is 382 g/mol. The van der Waals surface area contributed by atoms with E-state index in [0.717, 1.165) is 5.56 Å². The monoisotopic (exact) mass is 382 g/mol. The molecule has 1 amide bonds. The van der Waals surface area contributed by atoms with Gasteiger partial charge >= 0.3 is 0 Å². The summed E-state index contributed by atoms with van der Waals surface area (Å²) >= 11 is 0. The van der Waals surface area contributed by atoms with Gasteiger partial charge in [0, 0.05) is 25.0 Å². The first-order valence-electron chi connectivity index (χ1n) is 8.70. The Labute approximate surface area is 163 Å². The highest BCUT2D eigenvalue weighted by Crippen LogP contribution is 2.38. The van der Waals surface area contributed by atoms with Crippen LogP contribution in [0.4, 0.5) is 5.69 Å². The van der Waals surface area contributed by atoms with Gasteiger partial charge in [-0.05, 0) is 42.3 Å². The van der Waals surface area contributed by atoms with Crippen LogP contribution in [-0.2, 0) is 11.2 Å². The highest BCUT2D eigenvalue weighted by atomic mass is 16.5. The molecule has 0 saturated carbocycles. The van der Waals surface area contributed by atoms with E-state index in [2.05, 4.69) is 15.4 Å². The molecule has 8 heteroatoms. The van der Waals surface area contributed by atoms with E-state index in [1.807, 2.05) is 12.1 Å². The fraction of sp³-hybridized carbons (Fsp3) is 0.250. The van der Waals surface area contributed by atoms with Crippen molar-refractivity contribution < 1.29 is 19.0 Å². The Balaban J connectivity index is 1.71. The first-order chi connectivity index (χ1) is 13.7. The number of benzene rings is 1. The minimum atomic E-state index is -0.129. The highest BCUT2D eigenvalue weighted by molar-refractivity contribution is 5.92. The molecule has 0 aliphatic rings. The summed E-state index contributed by atoms with van der Waals surface area (Å²) in [4.78, 5) is 16.8. The Kier molecular flexibility index (Phi) is 6.11. The molecule has 146 valence electrons. The smallest absolute Gasteiger partial charge is 0.224 e. The van der Waals surface area contributed by atoms with E-state index in [4.69, 9.17) is 14.2 Å². The van der Waals surface area contributed by atoms with Crippen LogP contribution in [0.2, 0.25) is 0 Å². The van der Waals surface area contributed by atoms with Crippen molar-refractivity contribution in [1.82, 2.24) is 14.8 Å². The van der Waals surface area contributed by atoms with Gasteiger partial charge in [-0.25, -0.2) is 9.67 Å². The summed E-state index contributed by atoms with van der Waals surface area (Å²) in [6, 6.07) is 9.04. The maximum atomic E-state index is 12.5. The Morgan fingerprint density at radius 2 is 1.82 bits per heavy atom. The van der Waals surface area contributed by atoms with Gasteiger partial charge in [0.2, 0.25) is 11.7 Å². The summed E-state index contributed by atoms with van der Waals surface area (Å²) in [6.07, 6.45) is 5.88. The summed E-state index contributed by atoms with van der Waals surface area (Å²) in [7, 11) is 4.68. The third-order valence-electron chi connectivity index (χ3n) is 4.15. The lowest BCUT2D eigenvalue weighted by atomic mass is 10.1. The molecule has 2 aromatic heterocycles. The van der Waals surface area contributed by atoms with Crippen LogP contribution in [0, 0.1) is 0 Å². The molecule has 0 saturated heterocycles. The van der Waals surface area contributed by atoms with Crippen molar-refractivity contribution in [2.75, 3.05) is 26.6 Å². The number of amides is 1. The molecule has 28 heavy (non-hydrogen) atoms. The standard InChI is InChI=1S/C20H22N4O4/c1-26-16-12-14(13-17(27-2)19(16)28-3)7-8-18(25)23-15-6-4-9-21-20(15)24-11-5-10-22-24/h4-6,9-13H,7-8H2,1-3H3,(H,23,25). The van der Waals surface area contributed by atoms with Gasteiger partial charge in [-0.2, -0.15) is 5.10 Å². The number of aryl methyl sites for hydroxylation is 1. The number of rotatable bonds is 8.